The van der Waals surface area contributed by atoms with E-state index < -0.39 is 5.41 Å². The lowest BCUT2D eigenvalue weighted by Gasteiger charge is -2.44. The molecule has 0 bridgehead atoms. The van der Waals surface area contributed by atoms with Crippen LogP contribution in [0.5, 0.6) is 5.75 Å². The number of carbonyl (C=O) groups is 1. The number of ether oxygens (including phenoxy) is 1. The van der Waals surface area contributed by atoms with Gasteiger partial charge in [-0.3, -0.25) is 4.79 Å². The average Bonchev–Trinajstić information content (AvgIpc) is 2.32. The summed E-state index contributed by atoms with van der Waals surface area (Å²) in [5, 5.41) is 0. The Kier molecular flexibility index (Phi) is 3.25. The number of hydrogen-bond acceptors (Lipinski definition) is 2. The van der Waals surface area contributed by atoms with E-state index in [2.05, 4.69) is 15.9 Å². The van der Waals surface area contributed by atoms with E-state index in [1.54, 1.807) is 6.07 Å². The Labute approximate surface area is 108 Å². The molecule has 0 aliphatic heterocycles. The van der Waals surface area contributed by atoms with E-state index in [4.69, 9.17) is 4.74 Å². The van der Waals surface area contributed by atoms with E-state index in [1.165, 1.54) is 12.1 Å². The van der Waals surface area contributed by atoms with Crippen molar-refractivity contribution in [2.24, 2.45) is 5.41 Å². The number of benzene rings is 1. The Bertz CT molecular complexity index is 461. The minimum atomic E-state index is -0.425. The highest BCUT2D eigenvalue weighted by molar-refractivity contribution is 9.10. The first-order chi connectivity index (χ1) is 7.97. The van der Waals surface area contributed by atoms with Crippen molar-refractivity contribution in [3.05, 3.63) is 28.5 Å². The highest BCUT2D eigenvalue weighted by Crippen LogP contribution is 2.43. The van der Waals surface area contributed by atoms with E-state index in [0.29, 0.717) is 16.6 Å². The maximum atomic E-state index is 13.1. The molecule has 1 saturated carbocycles. The van der Waals surface area contributed by atoms with Gasteiger partial charge in [-0.05, 0) is 41.4 Å². The summed E-state index contributed by atoms with van der Waals surface area (Å²) in [5.41, 5.74) is -0.425. The molecule has 0 heterocycles. The summed E-state index contributed by atoms with van der Waals surface area (Å²) < 4.78 is 19.5. The molecule has 2 rings (SSSR count). The van der Waals surface area contributed by atoms with Crippen LogP contribution in [0.4, 0.5) is 4.39 Å². The topological polar surface area (TPSA) is 26.3 Å². The molecule has 0 N–H and O–H groups in total. The Morgan fingerprint density at radius 2 is 2.29 bits per heavy atom. The normalized spacial score (nSPS) is 27.8. The Morgan fingerprint density at radius 3 is 2.88 bits per heavy atom. The molecule has 1 aromatic rings. The van der Waals surface area contributed by atoms with Gasteiger partial charge in [0.15, 0.2) is 0 Å². The zero-order valence-electron chi connectivity index (χ0n) is 9.80. The molecule has 2 unspecified atom stereocenters. The van der Waals surface area contributed by atoms with Gasteiger partial charge in [-0.25, -0.2) is 4.39 Å². The monoisotopic (exact) mass is 300 g/mol. The molecule has 2 atom stereocenters. The maximum absolute atomic E-state index is 13.1. The molecule has 0 spiro atoms. The van der Waals surface area contributed by atoms with Crippen molar-refractivity contribution in [3.8, 4) is 5.75 Å². The molecule has 4 heteroatoms. The van der Waals surface area contributed by atoms with Gasteiger partial charge in [0.2, 0.25) is 0 Å². The smallest absolute Gasteiger partial charge is 0.146 e. The summed E-state index contributed by atoms with van der Waals surface area (Å²) in [4.78, 5) is 11.6. The molecule has 1 aliphatic carbocycles. The molecule has 1 aliphatic rings. The highest BCUT2D eigenvalue weighted by atomic mass is 79.9. The molecule has 0 aromatic heterocycles. The summed E-state index contributed by atoms with van der Waals surface area (Å²) in [6.45, 7) is 3.87. The summed E-state index contributed by atoms with van der Waals surface area (Å²) >= 11 is 3.31. The lowest BCUT2D eigenvalue weighted by molar-refractivity contribution is -0.150. The Balaban J connectivity index is 2.17. The molecule has 1 aromatic carbocycles. The van der Waals surface area contributed by atoms with Crippen LogP contribution in [-0.4, -0.2) is 11.9 Å². The van der Waals surface area contributed by atoms with E-state index in [1.807, 2.05) is 13.8 Å². The van der Waals surface area contributed by atoms with Gasteiger partial charge >= 0.3 is 0 Å². The Hall–Kier alpha value is -0.900. The summed E-state index contributed by atoms with van der Waals surface area (Å²) in [6, 6.07) is 4.30. The van der Waals surface area contributed by atoms with Crippen LogP contribution < -0.4 is 4.74 Å². The number of hydrogen-bond donors (Lipinski definition) is 0. The van der Waals surface area contributed by atoms with E-state index in [9.17, 15) is 9.18 Å². The van der Waals surface area contributed by atoms with Crippen LogP contribution >= 0.6 is 15.9 Å². The van der Waals surface area contributed by atoms with E-state index in [-0.39, 0.29) is 17.7 Å². The third-order valence-electron chi connectivity index (χ3n) is 3.62. The molecule has 0 radical (unpaired) electrons. The van der Waals surface area contributed by atoms with Crippen molar-refractivity contribution < 1.29 is 13.9 Å². The van der Waals surface area contributed by atoms with Crippen LogP contribution in [0.25, 0.3) is 0 Å². The molecule has 17 heavy (non-hydrogen) atoms. The molecular formula is C13H14BrFO2. The summed E-state index contributed by atoms with van der Waals surface area (Å²) in [7, 11) is 0. The predicted molar refractivity (Wildman–Crippen MR) is 66.5 cm³/mol. The fourth-order valence-corrected chi connectivity index (χ4v) is 2.33. The number of Topliss-reactive ketones (excluding diaryl/α,β-unsaturated/α-hetero) is 1. The van der Waals surface area contributed by atoms with Crippen LogP contribution in [0.2, 0.25) is 0 Å². The summed E-state index contributed by atoms with van der Waals surface area (Å²) in [5.74, 6) is 0.340. The maximum Gasteiger partial charge on any atom is 0.146 e. The van der Waals surface area contributed by atoms with Crippen LogP contribution in [-0.2, 0) is 4.79 Å². The number of rotatable bonds is 3. The fourth-order valence-electron chi connectivity index (χ4n) is 1.99. The van der Waals surface area contributed by atoms with Crippen molar-refractivity contribution in [2.75, 3.05) is 0 Å². The van der Waals surface area contributed by atoms with Gasteiger partial charge in [-0.1, -0.05) is 6.92 Å². The standard InChI is InChI=1S/C13H14BrFO2/c1-3-13(2)11(16)7-12(13)17-10-6-8(15)4-5-9(10)14/h4-6,12H,3,7H2,1-2H3. The quantitative estimate of drug-likeness (QED) is 0.850. The van der Waals surface area contributed by atoms with Gasteiger partial charge in [-0.15, -0.1) is 0 Å². The second-order valence-electron chi connectivity index (χ2n) is 4.58. The van der Waals surface area contributed by atoms with Gasteiger partial charge < -0.3 is 4.74 Å². The predicted octanol–water partition coefficient (Wildman–Crippen LogP) is 3.72. The highest BCUT2D eigenvalue weighted by Gasteiger charge is 2.51. The molecule has 0 saturated heterocycles. The van der Waals surface area contributed by atoms with Crippen molar-refractivity contribution in [1.29, 1.82) is 0 Å². The number of ketones is 1. The van der Waals surface area contributed by atoms with Crippen molar-refractivity contribution in [3.63, 3.8) is 0 Å². The first kappa shape index (κ1) is 12.6. The zero-order valence-corrected chi connectivity index (χ0v) is 11.4. The molecule has 2 nitrogen and oxygen atoms in total. The molecule has 92 valence electrons. The van der Waals surface area contributed by atoms with Gasteiger partial charge in [0.05, 0.1) is 9.89 Å². The van der Waals surface area contributed by atoms with E-state index >= 15 is 0 Å². The first-order valence-electron chi connectivity index (χ1n) is 5.62. The second kappa shape index (κ2) is 4.41. The van der Waals surface area contributed by atoms with Crippen molar-refractivity contribution in [1.82, 2.24) is 0 Å². The van der Waals surface area contributed by atoms with Crippen LogP contribution in [0.3, 0.4) is 0 Å². The molecule has 0 amide bonds. The minimum Gasteiger partial charge on any atom is -0.488 e. The van der Waals surface area contributed by atoms with Gasteiger partial charge in [-0.2, -0.15) is 0 Å². The van der Waals surface area contributed by atoms with Crippen LogP contribution in [0, 0.1) is 11.2 Å². The molecule has 1 fully saturated rings. The number of halogens is 2. The average molecular weight is 301 g/mol. The first-order valence-corrected chi connectivity index (χ1v) is 6.41. The van der Waals surface area contributed by atoms with Crippen LogP contribution in [0.1, 0.15) is 26.7 Å². The molecular weight excluding hydrogens is 287 g/mol. The van der Waals surface area contributed by atoms with E-state index in [0.717, 1.165) is 6.42 Å². The van der Waals surface area contributed by atoms with Crippen molar-refractivity contribution in [2.45, 2.75) is 32.8 Å². The van der Waals surface area contributed by atoms with Crippen molar-refractivity contribution >= 4 is 21.7 Å². The van der Waals surface area contributed by atoms with Crippen LogP contribution in [0.15, 0.2) is 22.7 Å². The lowest BCUT2D eigenvalue weighted by Crippen LogP contribution is -2.54. The summed E-state index contributed by atoms with van der Waals surface area (Å²) in [6.07, 6.45) is 0.995. The zero-order chi connectivity index (χ0) is 12.6. The fraction of sp³-hybridized carbons (Fsp3) is 0.462. The third-order valence-corrected chi connectivity index (χ3v) is 4.27. The van der Waals surface area contributed by atoms with Gasteiger partial charge in [0.1, 0.15) is 23.5 Å². The van der Waals surface area contributed by atoms with Gasteiger partial charge in [0, 0.05) is 12.5 Å². The van der Waals surface area contributed by atoms with Gasteiger partial charge in [0.25, 0.3) is 0 Å². The second-order valence-corrected chi connectivity index (χ2v) is 5.43. The SMILES string of the molecule is CCC1(C)C(=O)CC1Oc1cc(F)ccc1Br. The third kappa shape index (κ3) is 2.10. The number of carbonyl (C=O) groups excluding carboxylic acids is 1. The largest absolute Gasteiger partial charge is 0.488 e. The Morgan fingerprint density at radius 1 is 1.59 bits per heavy atom. The lowest BCUT2D eigenvalue weighted by atomic mass is 9.64. The minimum absolute atomic E-state index is 0.155.